The molecule has 9 heteroatoms. The molecule has 0 spiro atoms. The van der Waals surface area contributed by atoms with Crippen LogP contribution in [-0.4, -0.2) is 29.9 Å². The quantitative estimate of drug-likeness (QED) is 0.845. The summed E-state index contributed by atoms with van der Waals surface area (Å²) in [6.45, 7) is 0.381. The first-order valence-corrected chi connectivity index (χ1v) is 7.89. The third-order valence-corrected chi connectivity index (χ3v) is 4.29. The van der Waals surface area contributed by atoms with Crippen LogP contribution in [0, 0.1) is 5.82 Å². The zero-order valence-corrected chi connectivity index (χ0v) is 12.4. The van der Waals surface area contributed by atoms with E-state index in [1.54, 1.807) is 0 Å². The molecule has 1 heterocycles. The third-order valence-electron chi connectivity index (χ3n) is 2.64. The van der Waals surface area contributed by atoms with Crippen molar-refractivity contribution in [1.29, 1.82) is 0 Å². The summed E-state index contributed by atoms with van der Waals surface area (Å²) in [5, 5.41) is 12.7. The van der Waals surface area contributed by atoms with E-state index in [-0.39, 0.29) is 22.2 Å². The highest BCUT2D eigenvalue weighted by molar-refractivity contribution is 7.92. The molecule has 0 unspecified atom stereocenters. The lowest BCUT2D eigenvalue weighted by atomic mass is 10.3. The first-order chi connectivity index (χ1) is 9.92. The van der Waals surface area contributed by atoms with E-state index in [9.17, 15) is 12.8 Å². The predicted octanol–water partition coefficient (Wildman–Crippen LogP) is 1.86. The van der Waals surface area contributed by atoms with Gasteiger partial charge in [0, 0.05) is 19.3 Å². The molecule has 6 nitrogen and oxygen atoms in total. The van der Waals surface area contributed by atoms with Gasteiger partial charge in [-0.15, -0.1) is 0 Å². The van der Waals surface area contributed by atoms with Crippen LogP contribution in [0.1, 0.15) is 6.42 Å². The normalized spacial score (nSPS) is 11.6. The average Bonchev–Trinajstić information content (AvgIpc) is 2.90. The van der Waals surface area contributed by atoms with Crippen molar-refractivity contribution < 1.29 is 17.9 Å². The maximum absolute atomic E-state index is 13.1. The van der Waals surface area contributed by atoms with Crippen molar-refractivity contribution in [3.05, 3.63) is 41.4 Å². The Morgan fingerprint density at radius 1 is 1.43 bits per heavy atom. The van der Waals surface area contributed by atoms with Crippen molar-refractivity contribution in [2.45, 2.75) is 17.9 Å². The molecule has 0 aliphatic rings. The van der Waals surface area contributed by atoms with Gasteiger partial charge in [-0.05, 0) is 24.6 Å². The van der Waals surface area contributed by atoms with E-state index in [1.165, 1.54) is 23.1 Å². The minimum absolute atomic E-state index is 0.0148. The topological polar surface area (TPSA) is 84.2 Å². The molecule has 2 N–H and O–H groups in total. The molecule has 1 aromatic carbocycles. The van der Waals surface area contributed by atoms with Gasteiger partial charge in [-0.3, -0.25) is 9.40 Å². The van der Waals surface area contributed by atoms with E-state index in [0.29, 0.717) is 13.0 Å². The summed E-state index contributed by atoms with van der Waals surface area (Å²) in [7, 11) is -3.90. The Bertz CT molecular complexity index is 733. The van der Waals surface area contributed by atoms with Gasteiger partial charge in [0.1, 0.15) is 10.7 Å². The highest BCUT2D eigenvalue weighted by Crippen LogP contribution is 2.25. The molecular formula is C12H13ClFN3O3S. The van der Waals surface area contributed by atoms with E-state index in [4.69, 9.17) is 16.7 Å². The number of hydrogen-bond acceptors (Lipinski definition) is 4. The molecule has 21 heavy (non-hydrogen) atoms. The predicted molar refractivity (Wildman–Crippen MR) is 76.1 cm³/mol. The number of aryl methyl sites for hydroxylation is 1. The van der Waals surface area contributed by atoms with Crippen LogP contribution in [0.25, 0.3) is 0 Å². The van der Waals surface area contributed by atoms with Gasteiger partial charge in [0.05, 0.1) is 16.9 Å². The maximum atomic E-state index is 13.1. The van der Waals surface area contributed by atoms with Crippen LogP contribution in [0.4, 0.5) is 10.1 Å². The molecule has 1 aromatic heterocycles. The molecule has 2 aromatic rings. The molecule has 0 aliphatic carbocycles. The standard InChI is InChI=1S/C12H13ClFN3O3S/c13-11-3-2-9(14)6-12(11)16-21(19,20)10-7-15-17(8-10)4-1-5-18/h2-3,6-8,16,18H,1,4-5H2. The molecule has 0 fully saturated rings. The Hall–Kier alpha value is -1.64. The van der Waals surface area contributed by atoms with Crippen molar-refractivity contribution >= 4 is 27.3 Å². The van der Waals surface area contributed by atoms with E-state index >= 15 is 0 Å². The summed E-state index contributed by atoms with van der Waals surface area (Å²) < 4.78 is 41.1. The Morgan fingerprint density at radius 3 is 2.90 bits per heavy atom. The first-order valence-electron chi connectivity index (χ1n) is 6.03. The van der Waals surface area contributed by atoms with Gasteiger partial charge in [-0.2, -0.15) is 5.10 Å². The van der Waals surface area contributed by atoms with Crippen molar-refractivity contribution in [3.63, 3.8) is 0 Å². The number of rotatable bonds is 6. The van der Waals surface area contributed by atoms with Crippen LogP contribution in [0.15, 0.2) is 35.5 Å². The lowest BCUT2D eigenvalue weighted by Crippen LogP contribution is -2.13. The van der Waals surface area contributed by atoms with Gasteiger partial charge in [0.15, 0.2) is 0 Å². The lowest BCUT2D eigenvalue weighted by Gasteiger charge is -2.08. The molecule has 0 amide bonds. The molecule has 0 aliphatic heterocycles. The Morgan fingerprint density at radius 2 is 2.19 bits per heavy atom. The molecule has 0 radical (unpaired) electrons. The van der Waals surface area contributed by atoms with Gasteiger partial charge < -0.3 is 5.11 Å². The number of anilines is 1. The van der Waals surface area contributed by atoms with Gasteiger partial charge in [-0.1, -0.05) is 11.6 Å². The molecule has 2 rings (SSSR count). The number of benzene rings is 1. The second kappa shape index (κ2) is 6.42. The fourth-order valence-corrected chi connectivity index (χ4v) is 2.86. The van der Waals surface area contributed by atoms with Crippen LogP contribution in [0.3, 0.4) is 0 Å². The van der Waals surface area contributed by atoms with Gasteiger partial charge in [-0.25, -0.2) is 12.8 Å². The number of hydrogen-bond donors (Lipinski definition) is 2. The molecule has 0 atom stereocenters. The maximum Gasteiger partial charge on any atom is 0.265 e. The fourth-order valence-electron chi connectivity index (χ4n) is 1.62. The van der Waals surface area contributed by atoms with Gasteiger partial charge in [0.25, 0.3) is 10.0 Å². The van der Waals surface area contributed by atoms with E-state index in [2.05, 4.69) is 9.82 Å². The highest BCUT2D eigenvalue weighted by atomic mass is 35.5. The number of nitrogens with one attached hydrogen (secondary N) is 1. The first kappa shape index (κ1) is 15.7. The number of halogens is 2. The lowest BCUT2D eigenvalue weighted by molar-refractivity contribution is 0.277. The molecular weight excluding hydrogens is 321 g/mol. The SMILES string of the molecule is O=S(=O)(Nc1cc(F)ccc1Cl)c1cnn(CCCO)c1. The Kier molecular flexibility index (Phi) is 4.81. The number of aromatic nitrogens is 2. The smallest absolute Gasteiger partial charge is 0.265 e. The van der Waals surface area contributed by atoms with Crippen LogP contribution >= 0.6 is 11.6 Å². The van der Waals surface area contributed by atoms with Gasteiger partial charge in [0.2, 0.25) is 0 Å². The molecule has 0 bridgehead atoms. The van der Waals surface area contributed by atoms with E-state index in [0.717, 1.165) is 12.1 Å². The zero-order chi connectivity index (χ0) is 15.5. The molecule has 0 saturated carbocycles. The third kappa shape index (κ3) is 3.93. The summed E-state index contributed by atoms with van der Waals surface area (Å²) in [5.74, 6) is -0.601. The summed E-state index contributed by atoms with van der Waals surface area (Å²) in [6, 6.07) is 3.39. The molecule has 114 valence electrons. The van der Waals surface area contributed by atoms with Crippen LogP contribution in [0.2, 0.25) is 5.02 Å². The summed E-state index contributed by atoms with van der Waals surface area (Å²) in [4.78, 5) is -0.0687. The van der Waals surface area contributed by atoms with Crippen molar-refractivity contribution in [1.82, 2.24) is 9.78 Å². The largest absolute Gasteiger partial charge is 0.396 e. The average molecular weight is 334 g/mol. The van der Waals surface area contributed by atoms with Gasteiger partial charge >= 0.3 is 0 Å². The summed E-state index contributed by atoms with van der Waals surface area (Å²) in [5.41, 5.74) is -0.0419. The summed E-state index contributed by atoms with van der Waals surface area (Å²) >= 11 is 5.82. The fraction of sp³-hybridized carbons (Fsp3) is 0.250. The minimum Gasteiger partial charge on any atom is -0.396 e. The second-order valence-electron chi connectivity index (χ2n) is 4.25. The minimum atomic E-state index is -3.90. The van der Waals surface area contributed by atoms with Crippen molar-refractivity contribution in [3.8, 4) is 0 Å². The van der Waals surface area contributed by atoms with Crippen molar-refractivity contribution in [2.75, 3.05) is 11.3 Å². The zero-order valence-electron chi connectivity index (χ0n) is 10.8. The van der Waals surface area contributed by atoms with E-state index < -0.39 is 15.8 Å². The number of aliphatic hydroxyl groups is 1. The number of sulfonamides is 1. The highest BCUT2D eigenvalue weighted by Gasteiger charge is 2.18. The second-order valence-corrected chi connectivity index (χ2v) is 6.34. The monoisotopic (exact) mass is 333 g/mol. The van der Waals surface area contributed by atoms with Crippen LogP contribution in [-0.2, 0) is 16.6 Å². The Labute approximate surface area is 126 Å². The van der Waals surface area contributed by atoms with Crippen LogP contribution in [0.5, 0.6) is 0 Å². The van der Waals surface area contributed by atoms with Crippen molar-refractivity contribution in [2.24, 2.45) is 0 Å². The number of nitrogens with zero attached hydrogens (tertiary/aromatic N) is 2. The van der Waals surface area contributed by atoms with Crippen LogP contribution < -0.4 is 4.72 Å². The Balaban J connectivity index is 2.22. The van der Waals surface area contributed by atoms with E-state index in [1.807, 2.05) is 0 Å². The molecule has 0 saturated heterocycles. The number of aliphatic hydroxyl groups excluding tert-OH is 1. The summed E-state index contributed by atoms with van der Waals surface area (Å²) in [6.07, 6.45) is 2.96.